The second-order valence-corrected chi connectivity index (χ2v) is 4.58. The highest BCUT2D eigenvalue weighted by molar-refractivity contribution is 5.97. The van der Waals surface area contributed by atoms with E-state index in [2.05, 4.69) is 0 Å². The lowest BCUT2D eigenvalue weighted by molar-refractivity contribution is -0.150. The van der Waals surface area contributed by atoms with Gasteiger partial charge in [0, 0.05) is 12.8 Å². The van der Waals surface area contributed by atoms with Gasteiger partial charge in [0.25, 0.3) is 5.91 Å². The highest BCUT2D eigenvalue weighted by Gasteiger charge is 2.34. The molecule has 0 saturated carbocycles. The van der Waals surface area contributed by atoms with E-state index in [4.69, 9.17) is 10.6 Å². The molecule has 2 heterocycles. The largest absolute Gasteiger partial charge is 0.363 e. The van der Waals surface area contributed by atoms with E-state index >= 15 is 0 Å². The van der Waals surface area contributed by atoms with Crippen LogP contribution in [0.1, 0.15) is 32.1 Å². The Labute approximate surface area is 105 Å². The molecule has 3 N–H and O–H groups in total. The van der Waals surface area contributed by atoms with Crippen molar-refractivity contribution in [3.63, 3.8) is 0 Å². The summed E-state index contributed by atoms with van der Waals surface area (Å²) in [6.07, 6.45) is 1.81. The fraction of sp³-hybridized carbons (Fsp3) is 0.727. The van der Waals surface area contributed by atoms with Crippen LogP contribution in [0.15, 0.2) is 0 Å². The first-order chi connectivity index (χ1) is 8.61. The molecule has 3 amide bonds. The van der Waals surface area contributed by atoms with Gasteiger partial charge >= 0.3 is 0 Å². The molecule has 0 aromatic heterocycles. The third kappa shape index (κ3) is 2.68. The standard InChI is InChI=1S/C11H17N3O4/c12-13-11(17)8-5-4-7(18-8)6-14-9(15)2-1-3-10(14)16/h7-8H,1-6,12H2,(H,13,17). The summed E-state index contributed by atoms with van der Waals surface area (Å²) in [4.78, 5) is 35.7. The molecular formula is C11H17N3O4. The molecule has 0 radical (unpaired) electrons. The summed E-state index contributed by atoms with van der Waals surface area (Å²) in [5.74, 6) is 4.36. The zero-order valence-corrected chi connectivity index (χ0v) is 10.1. The maximum Gasteiger partial charge on any atom is 0.263 e. The van der Waals surface area contributed by atoms with Crippen LogP contribution in [-0.2, 0) is 19.1 Å². The molecule has 7 heteroatoms. The molecule has 2 unspecified atom stereocenters. The van der Waals surface area contributed by atoms with E-state index in [0.717, 1.165) is 0 Å². The smallest absolute Gasteiger partial charge is 0.263 e. The van der Waals surface area contributed by atoms with Crippen LogP contribution in [0.5, 0.6) is 0 Å². The van der Waals surface area contributed by atoms with Crippen molar-refractivity contribution in [1.82, 2.24) is 10.3 Å². The number of nitrogens with one attached hydrogen (secondary N) is 1. The Balaban J connectivity index is 1.89. The zero-order valence-electron chi connectivity index (χ0n) is 10.1. The van der Waals surface area contributed by atoms with Gasteiger partial charge in [-0.2, -0.15) is 0 Å². The van der Waals surface area contributed by atoms with E-state index in [0.29, 0.717) is 32.1 Å². The van der Waals surface area contributed by atoms with Crippen LogP contribution in [0.4, 0.5) is 0 Å². The number of hydrazine groups is 1. The van der Waals surface area contributed by atoms with Crippen LogP contribution in [-0.4, -0.2) is 41.4 Å². The topological polar surface area (TPSA) is 102 Å². The van der Waals surface area contributed by atoms with E-state index in [1.54, 1.807) is 0 Å². The van der Waals surface area contributed by atoms with Gasteiger partial charge in [0.1, 0.15) is 6.10 Å². The van der Waals surface area contributed by atoms with Gasteiger partial charge in [0.15, 0.2) is 0 Å². The summed E-state index contributed by atoms with van der Waals surface area (Å²) in [6, 6.07) is 0. The van der Waals surface area contributed by atoms with Crippen molar-refractivity contribution >= 4 is 17.7 Å². The minimum atomic E-state index is -0.574. The Hall–Kier alpha value is -1.47. The first-order valence-corrected chi connectivity index (χ1v) is 6.11. The van der Waals surface area contributed by atoms with Crippen molar-refractivity contribution in [3.8, 4) is 0 Å². The van der Waals surface area contributed by atoms with Gasteiger partial charge < -0.3 is 4.74 Å². The number of nitrogens with zero attached hydrogens (tertiary/aromatic N) is 1. The number of amides is 3. The van der Waals surface area contributed by atoms with E-state index in [1.165, 1.54) is 4.90 Å². The number of rotatable bonds is 3. The molecule has 2 rings (SSSR count). The Morgan fingerprint density at radius 1 is 1.33 bits per heavy atom. The second-order valence-electron chi connectivity index (χ2n) is 4.58. The molecule has 2 fully saturated rings. The van der Waals surface area contributed by atoms with Crippen molar-refractivity contribution in [1.29, 1.82) is 0 Å². The maximum atomic E-state index is 11.6. The molecule has 0 bridgehead atoms. The summed E-state index contributed by atoms with van der Waals surface area (Å²) in [5, 5.41) is 0. The van der Waals surface area contributed by atoms with Crippen molar-refractivity contribution < 1.29 is 19.1 Å². The van der Waals surface area contributed by atoms with E-state index in [1.807, 2.05) is 5.43 Å². The maximum absolute atomic E-state index is 11.6. The number of carbonyl (C=O) groups is 3. The van der Waals surface area contributed by atoms with Gasteiger partial charge in [-0.05, 0) is 19.3 Å². The molecular weight excluding hydrogens is 238 g/mol. The summed E-state index contributed by atoms with van der Waals surface area (Å²) < 4.78 is 5.48. The van der Waals surface area contributed by atoms with Crippen molar-refractivity contribution in [2.24, 2.45) is 5.84 Å². The fourth-order valence-electron chi connectivity index (χ4n) is 2.33. The zero-order chi connectivity index (χ0) is 13.1. The molecule has 0 aromatic rings. The minimum Gasteiger partial charge on any atom is -0.363 e. The molecule has 2 aliphatic rings. The van der Waals surface area contributed by atoms with Crippen molar-refractivity contribution in [2.75, 3.05) is 6.54 Å². The predicted octanol–water partition coefficient (Wildman–Crippen LogP) is -0.937. The lowest BCUT2D eigenvalue weighted by atomic mass is 10.1. The molecule has 18 heavy (non-hydrogen) atoms. The molecule has 2 aliphatic heterocycles. The summed E-state index contributed by atoms with van der Waals surface area (Å²) in [5.41, 5.74) is 2.04. The highest BCUT2D eigenvalue weighted by atomic mass is 16.5. The van der Waals surface area contributed by atoms with Crippen LogP contribution in [0, 0.1) is 0 Å². The Morgan fingerprint density at radius 3 is 2.61 bits per heavy atom. The Bertz CT molecular complexity index is 355. The fourth-order valence-corrected chi connectivity index (χ4v) is 2.33. The Morgan fingerprint density at radius 2 is 2.00 bits per heavy atom. The van der Waals surface area contributed by atoms with Crippen LogP contribution in [0.2, 0.25) is 0 Å². The van der Waals surface area contributed by atoms with E-state index in [-0.39, 0.29) is 30.4 Å². The molecule has 0 aromatic carbocycles. The average Bonchev–Trinajstić information content (AvgIpc) is 2.81. The summed E-state index contributed by atoms with van der Waals surface area (Å²) in [6.45, 7) is 0.242. The molecule has 7 nitrogen and oxygen atoms in total. The normalized spacial score (nSPS) is 28.6. The van der Waals surface area contributed by atoms with Crippen LogP contribution < -0.4 is 11.3 Å². The van der Waals surface area contributed by atoms with Crippen molar-refractivity contribution in [3.05, 3.63) is 0 Å². The number of imide groups is 1. The third-order valence-electron chi connectivity index (χ3n) is 3.31. The molecule has 2 saturated heterocycles. The number of hydrogen-bond donors (Lipinski definition) is 2. The molecule has 0 spiro atoms. The third-order valence-corrected chi connectivity index (χ3v) is 3.31. The van der Waals surface area contributed by atoms with Gasteiger partial charge in [-0.3, -0.25) is 24.7 Å². The van der Waals surface area contributed by atoms with E-state index < -0.39 is 6.10 Å². The first-order valence-electron chi connectivity index (χ1n) is 6.11. The SMILES string of the molecule is NNC(=O)C1CCC(CN2C(=O)CCCC2=O)O1. The van der Waals surface area contributed by atoms with Crippen LogP contribution in [0.25, 0.3) is 0 Å². The van der Waals surface area contributed by atoms with Crippen LogP contribution in [0.3, 0.4) is 0 Å². The molecule has 0 aliphatic carbocycles. The average molecular weight is 255 g/mol. The number of piperidine rings is 1. The summed E-state index contributed by atoms with van der Waals surface area (Å²) in [7, 11) is 0. The van der Waals surface area contributed by atoms with Gasteiger partial charge in [0.2, 0.25) is 11.8 Å². The van der Waals surface area contributed by atoms with Crippen molar-refractivity contribution in [2.45, 2.75) is 44.3 Å². The number of hydrogen-bond acceptors (Lipinski definition) is 5. The first kappa shape index (κ1) is 13.0. The van der Waals surface area contributed by atoms with Gasteiger partial charge in [-0.1, -0.05) is 0 Å². The second kappa shape index (κ2) is 5.45. The molecule has 2 atom stereocenters. The lowest BCUT2D eigenvalue weighted by Crippen LogP contribution is -2.45. The van der Waals surface area contributed by atoms with Crippen LogP contribution >= 0.6 is 0 Å². The number of ether oxygens (including phenoxy) is 1. The van der Waals surface area contributed by atoms with Gasteiger partial charge in [0.05, 0.1) is 12.6 Å². The summed E-state index contributed by atoms with van der Waals surface area (Å²) >= 11 is 0. The predicted molar refractivity (Wildman–Crippen MR) is 60.8 cm³/mol. The van der Waals surface area contributed by atoms with E-state index in [9.17, 15) is 14.4 Å². The molecule has 100 valence electrons. The minimum absolute atomic E-state index is 0.151. The lowest BCUT2D eigenvalue weighted by Gasteiger charge is -2.27. The number of carbonyl (C=O) groups excluding carboxylic acids is 3. The number of nitrogens with two attached hydrogens (primary N) is 1. The number of likely N-dealkylation sites (tertiary alicyclic amines) is 1. The van der Waals surface area contributed by atoms with Gasteiger partial charge in [-0.15, -0.1) is 0 Å². The Kier molecular flexibility index (Phi) is 3.93. The van der Waals surface area contributed by atoms with Gasteiger partial charge in [-0.25, -0.2) is 5.84 Å². The quantitative estimate of drug-likeness (QED) is 0.293. The highest BCUT2D eigenvalue weighted by Crippen LogP contribution is 2.22. The monoisotopic (exact) mass is 255 g/mol.